The van der Waals surface area contributed by atoms with E-state index in [-0.39, 0.29) is 99.2 Å². The number of aliphatic imine (C=N–C) groups is 1. The molecule has 0 unspecified atom stereocenters. The van der Waals surface area contributed by atoms with Crippen LogP contribution in [0.25, 0.3) is 0 Å². The van der Waals surface area contributed by atoms with E-state index in [4.69, 9.17) is 11.5 Å². The zero-order valence-electron chi connectivity index (χ0n) is 45.2. The zero-order chi connectivity index (χ0) is 56.8. The molecule has 25 heteroatoms. The van der Waals surface area contributed by atoms with Crippen LogP contribution in [0.5, 0.6) is 5.75 Å². The minimum atomic E-state index is -1.66. The zero-order valence-corrected chi connectivity index (χ0v) is 45.2. The largest absolute Gasteiger partial charge is 0.508 e. The van der Waals surface area contributed by atoms with Crippen molar-refractivity contribution in [3.05, 3.63) is 29.8 Å². The number of guanidine groups is 1. The highest BCUT2D eigenvalue weighted by Gasteiger charge is 2.39. The van der Waals surface area contributed by atoms with E-state index < -0.39 is 108 Å². The van der Waals surface area contributed by atoms with E-state index in [1.54, 1.807) is 20.8 Å². The van der Waals surface area contributed by atoms with Gasteiger partial charge in [-0.2, -0.15) is 0 Å². The number of nitrogens with one attached hydrogen (secondary N) is 9. The fourth-order valence-electron chi connectivity index (χ4n) is 8.78. The Kier molecular flexibility index (Phi) is 25.9. The summed E-state index contributed by atoms with van der Waals surface area (Å²) in [6.07, 6.45) is 2.02. The molecule has 0 aromatic heterocycles. The van der Waals surface area contributed by atoms with E-state index in [1.807, 2.05) is 27.7 Å². The second-order valence-electron chi connectivity index (χ2n) is 20.7. The lowest BCUT2D eigenvalue weighted by Gasteiger charge is -2.30. The SMILES string of the molecule is CCNC(=O)[C@@H]1CCCN1C(=O)[C@H](CCCN=C(N)N)NC(=O)[C@H](CC(C)C)NC(=O)[C@@H](C)NC(=O)[C@H](Cc1ccc(O)cc1)NC(=O)[C@H](CO)NC(=O)[C@H](CC(C)C)NC(=O)[C@H](CC(C)C)NC(=O)[C@@H]1CCC(=O)N1. The van der Waals surface area contributed by atoms with Gasteiger partial charge in [0.25, 0.3) is 0 Å². The number of aromatic hydroxyl groups is 1. The van der Waals surface area contributed by atoms with Gasteiger partial charge >= 0.3 is 0 Å². The van der Waals surface area contributed by atoms with Crippen LogP contribution in [-0.4, -0.2) is 161 Å². The van der Waals surface area contributed by atoms with Crippen molar-refractivity contribution in [2.75, 3.05) is 26.2 Å². The Balaban J connectivity index is 1.81. The van der Waals surface area contributed by atoms with Gasteiger partial charge in [-0.1, -0.05) is 53.7 Å². The summed E-state index contributed by atoms with van der Waals surface area (Å²) in [5.41, 5.74) is 11.5. The first-order valence-corrected chi connectivity index (χ1v) is 26.3. The molecule has 0 saturated carbocycles. The van der Waals surface area contributed by atoms with Gasteiger partial charge < -0.3 is 74.4 Å². The summed E-state index contributed by atoms with van der Waals surface area (Å²) in [6.45, 7) is 13.9. The molecule has 0 aliphatic carbocycles. The van der Waals surface area contributed by atoms with Crippen LogP contribution in [-0.2, 0) is 54.4 Å². The summed E-state index contributed by atoms with van der Waals surface area (Å²) >= 11 is 0. The number of benzene rings is 1. The lowest BCUT2D eigenvalue weighted by Crippen LogP contribution is -2.61. The lowest BCUT2D eigenvalue weighted by atomic mass is 9.99. The summed E-state index contributed by atoms with van der Waals surface area (Å²) in [5.74, 6) is -7.16. The number of phenols is 1. The second-order valence-corrected chi connectivity index (χ2v) is 20.7. The number of likely N-dealkylation sites (tertiary alicyclic amines) is 1. The molecule has 15 N–H and O–H groups in total. The van der Waals surface area contributed by atoms with Gasteiger partial charge in [-0.3, -0.25) is 52.9 Å². The number of aliphatic hydroxyl groups excluding tert-OH is 1. The fraction of sp³-hybridized carbons (Fsp3) is 0.667. The number of rotatable bonds is 30. The number of hydrogen-bond donors (Lipinski definition) is 13. The molecule has 2 aliphatic heterocycles. The van der Waals surface area contributed by atoms with Gasteiger partial charge in [-0.25, -0.2) is 0 Å². The number of aliphatic hydroxyl groups is 1. The molecular weight excluding hydrogens is 987 g/mol. The van der Waals surface area contributed by atoms with E-state index in [0.717, 1.165) is 0 Å². The van der Waals surface area contributed by atoms with Crippen LogP contribution in [0.3, 0.4) is 0 Å². The summed E-state index contributed by atoms with van der Waals surface area (Å²) < 4.78 is 0. The van der Waals surface area contributed by atoms with Crippen LogP contribution >= 0.6 is 0 Å². The smallest absolute Gasteiger partial charge is 0.245 e. The summed E-state index contributed by atoms with van der Waals surface area (Å²) in [6, 6.07) is -4.92. The summed E-state index contributed by atoms with van der Waals surface area (Å²) in [5, 5.41) is 44.1. The van der Waals surface area contributed by atoms with Crippen LogP contribution in [0.2, 0.25) is 0 Å². The maximum absolute atomic E-state index is 14.1. The van der Waals surface area contributed by atoms with Crippen LogP contribution < -0.4 is 59.3 Å². The molecule has 2 heterocycles. The van der Waals surface area contributed by atoms with Crippen molar-refractivity contribution < 1.29 is 58.2 Å². The van der Waals surface area contributed by atoms with E-state index >= 15 is 0 Å². The van der Waals surface area contributed by atoms with Crippen LogP contribution in [0.1, 0.15) is 119 Å². The van der Waals surface area contributed by atoms with Crippen molar-refractivity contribution in [2.45, 2.75) is 174 Å². The average Bonchev–Trinajstić information content (AvgIpc) is 4.03. The van der Waals surface area contributed by atoms with E-state index in [2.05, 4.69) is 52.8 Å². The number of phenolic OH excluding ortho intramolecular Hbond substituents is 1. The molecule has 0 radical (unpaired) electrons. The third kappa shape index (κ3) is 20.9. The number of hydrogen-bond acceptors (Lipinski definition) is 13. The Hall–Kier alpha value is -7.05. The molecule has 2 saturated heterocycles. The minimum absolute atomic E-state index is 0.0698. The fourth-order valence-corrected chi connectivity index (χ4v) is 8.78. The standard InChI is InChI=1S/C51H83N13O12/c1-9-54-49(75)40-13-11-21-64(40)50(76)34(12-10-20-55-51(52)53)58-45(71)35(22-27(2)3)59-42(68)30(8)56-44(70)38(25-31-14-16-32(66)17-15-31)62-48(74)39(26-65)63-47(73)37(24-29(6)7)61-46(72)36(23-28(4)5)60-43(69)33-18-19-41(67)57-33/h14-17,27-30,33-40,65-66H,9-13,18-26H2,1-8H3,(H,54,75)(H,56,70)(H,57,67)(H,58,71)(H,59,68)(H,60,69)(H,61,72)(H,62,74)(H,63,73)(H4,52,53,55)/t30-,33+,34+,35+,36+,37+,38+,39+,40+/m1/s1. The molecule has 424 valence electrons. The molecule has 10 amide bonds. The predicted molar refractivity (Wildman–Crippen MR) is 281 cm³/mol. The monoisotopic (exact) mass is 1070 g/mol. The maximum Gasteiger partial charge on any atom is 0.245 e. The molecule has 25 nitrogen and oxygen atoms in total. The van der Waals surface area contributed by atoms with Gasteiger partial charge in [-0.05, 0) is 101 Å². The normalized spacial score (nSPS) is 17.9. The number of carbonyl (C=O) groups excluding carboxylic acids is 10. The van der Waals surface area contributed by atoms with Crippen molar-refractivity contribution in [2.24, 2.45) is 34.2 Å². The highest BCUT2D eigenvalue weighted by molar-refractivity contribution is 5.99. The highest BCUT2D eigenvalue weighted by Crippen LogP contribution is 2.21. The Morgan fingerprint density at radius 3 is 1.68 bits per heavy atom. The first-order valence-electron chi connectivity index (χ1n) is 26.3. The molecule has 3 rings (SSSR count). The topological polar surface area (TPSA) is 387 Å². The third-order valence-electron chi connectivity index (χ3n) is 12.7. The van der Waals surface area contributed by atoms with Crippen LogP contribution in [0.4, 0.5) is 0 Å². The molecule has 9 atom stereocenters. The van der Waals surface area contributed by atoms with Crippen LogP contribution in [0.15, 0.2) is 29.3 Å². The maximum atomic E-state index is 14.1. The Morgan fingerprint density at radius 2 is 1.17 bits per heavy atom. The Labute approximate surface area is 444 Å². The number of carbonyl (C=O) groups is 10. The van der Waals surface area contributed by atoms with Crippen LogP contribution in [0, 0.1) is 17.8 Å². The predicted octanol–water partition coefficient (Wildman–Crippen LogP) is -2.06. The summed E-state index contributed by atoms with van der Waals surface area (Å²) in [7, 11) is 0. The third-order valence-corrected chi connectivity index (χ3v) is 12.7. The number of nitrogens with zero attached hydrogens (tertiary/aromatic N) is 2. The van der Waals surface area contributed by atoms with Gasteiger partial charge in [0.05, 0.1) is 6.61 Å². The van der Waals surface area contributed by atoms with Gasteiger partial charge in [0.2, 0.25) is 59.1 Å². The molecule has 0 bridgehead atoms. The molecule has 2 fully saturated rings. The number of nitrogens with two attached hydrogens (primary N) is 2. The van der Waals surface area contributed by atoms with Crippen molar-refractivity contribution in [1.82, 2.24) is 52.8 Å². The molecule has 0 spiro atoms. The number of likely N-dealkylation sites (N-methyl/N-ethyl adjacent to an activating group) is 1. The van der Waals surface area contributed by atoms with E-state index in [1.165, 1.54) is 36.1 Å². The van der Waals surface area contributed by atoms with Crippen molar-refractivity contribution in [3.63, 3.8) is 0 Å². The molecular formula is C51H83N13O12. The molecule has 2 aliphatic rings. The van der Waals surface area contributed by atoms with Gasteiger partial charge in [-0.15, -0.1) is 0 Å². The van der Waals surface area contributed by atoms with Crippen molar-refractivity contribution in [3.8, 4) is 5.75 Å². The van der Waals surface area contributed by atoms with Gasteiger partial charge in [0.1, 0.15) is 60.1 Å². The Morgan fingerprint density at radius 1 is 0.671 bits per heavy atom. The molecule has 1 aromatic carbocycles. The van der Waals surface area contributed by atoms with E-state index in [9.17, 15) is 58.2 Å². The quantitative estimate of drug-likeness (QED) is 0.0224. The first-order chi connectivity index (χ1) is 35.8. The van der Waals surface area contributed by atoms with E-state index in [0.29, 0.717) is 31.5 Å². The number of amides is 10. The lowest BCUT2D eigenvalue weighted by molar-refractivity contribution is -0.142. The van der Waals surface area contributed by atoms with Crippen molar-refractivity contribution >= 4 is 65.0 Å². The van der Waals surface area contributed by atoms with Gasteiger partial charge in [0, 0.05) is 32.5 Å². The minimum Gasteiger partial charge on any atom is -0.508 e. The average molecular weight is 1070 g/mol. The first kappa shape index (κ1) is 63.2. The summed E-state index contributed by atoms with van der Waals surface area (Å²) in [4.78, 5) is 141. The van der Waals surface area contributed by atoms with Gasteiger partial charge in [0.15, 0.2) is 5.96 Å². The molecule has 1 aromatic rings. The second kappa shape index (κ2) is 31.1. The molecule has 76 heavy (non-hydrogen) atoms. The Bertz CT molecular complexity index is 2200. The van der Waals surface area contributed by atoms with Crippen molar-refractivity contribution in [1.29, 1.82) is 0 Å². The highest BCUT2D eigenvalue weighted by atomic mass is 16.3.